The molecule has 1 rings (SSSR count). The van der Waals surface area contributed by atoms with Gasteiger partial charge in [0.2, 0.25) is 0 Å². The van der Waals surface area contributed by atoms with Crippen LogP contribution in [0.5, 0.6) is 0 Å². The van der Waals surface area contributed by atoms with Gasteiger partial charge in [-0.15, -0.1) is 24.0 Å². The second-order valence-electron chi connectivity index (χ2n) is 4.16. The molecule has 0 saturated carbocycles. The molecule has 108 valence electrons. The lowest BCUT2D eigenvalue weighted by Gasteiger charge is -2.11. The van der Waals surface area contributed by atoms with E-state index in [0.717, 1.165) is 37.5 Å². The Labute approximate surface area is 132 Å². The molecule has 0 radical (unpaired) electrons. The molecule has 0 aliphatic carbocycles. The van der Waals surface area contributed by atoms with Crippen LogP contribution in [0.4, 0.5) is 4.39 Å². The van der Waals surface area contributed by atoms with Crippen LogP contribution in [0.2, 0.25) is 0 Å². The summed E-state index contributed by atoms with van der Waals surface area (Å²) in [7, 11) is 1.76. The molecule has 0 spiro atoms. The second-order valence-corrected chi connectivity index (χ2v) is 4.16. The summed E-state index contributed by atoms with van der Waals surface area (Å²) in [4.78, 5) is 4.14. The van der Waals surface area contributed by atoms with Gasteiger partial charge in [0.1, 0.15) is 5.82 Å². The van der Waals surface area contributed by atoms with Crippen LogP contribution in [-0.4, -0.2) is 26.1 Å². The van der Waals surface area contributed by atoms with Gasteiger partial charge >= 0.3 is 0 Å². The van der Waals surface area contributed by atoms with Gasteiger partial charge in [-0.05, 0) is 30.5 Å². The van der Waals surface area contributed by atoms with Gasteiger partial charge in [0.25, 0.3) is 0 Å². The molecule has 5 heteroatoms. The number of benzene rings is 1. The Morgan fingerprint density at radius 1 is 1.16 bits per heavy atom. The van der Waals surface area contributed by atoms with E-state index in [0.29, 0.717) is 0 Å². The Morgan fingerprint density at radius 2 is 1.79 bits per heavy atom. The molecule has 0 aliphatic rings. The molecule has 0 aliphatic heterocycles. The van der Waals surface area contributed by atoms with Crippen LogP contribution in [0.1, 0.15) is 25.3 Å². The standard InChI is InChI=1S/C14H22FN3.HI/c1-3-4-10-17-14(16-2)18-11-9-12-5-7-13(15)8-6-12;/h5-8H,3-4,9-11H2,1-2H3,(H2,16,17,18);1H. The highest BCUT2D eigenvalue weighted by atomic mass is 127. The molecule has 0 aromatic heterocycles. The lowest BCUT2D eigenvalue weighted by molar-refractivity contribution is 0.626. The minimum absolute atomic E-state index is 0. The number of guanidine groups is 1. The summed E-state index contributed by atoms with van der Waals surface area (Å²) in [5.74, 6) is 0.634. The molecule has 0 atom stereocenters. The minimum atomic E-state index is -0.191. The third-order valence-corrected chi connectivity index (χ3v) is 2.67. The molecule has 1 aromatic carbocycles. The van der Waals surface area contributed by atoms with Crippen LogP contribution < -0.4 is 10.6 Å². The molecule has 1 aromatic rings. The highest BCUT2D eigenvalue weighted by Gasteiger charge is 1.97. The third kappa shape index (κ3) is 8.02. The van der Waals surface area contributed by atoms with Gasteiger partial charge in [0.15, 0.2) is 5.96 Å². The Hall–Kier alpha value is -0.850. The molecule has 0 amide bonds. The largest absolute Gasteiger partial charge is 0.356 e. The van der Waals surface area contributed by atoms with Crippen LogP contribution in [0.25, 0.3) is 0 Å². The highest BCUT2D eigenvalue weighted by Crippen LogP contribution is 2.02. The van der Waals surface area contributed by atoms with Crippen molar-refractivity contribution in [2.45, 2.75) is 26.2 Å². The molecule has 0 fully saturated rings. The quantitative estimate of drug-likeness (QED) is 0.345. The van der Waals surface area contributed by atoms with Gasteiger partial charge in [-0.3, -0.25) is 4.99 Å². The lowest BCUT2D eigenvalue weighted by Crippen LogP contribution is -2.38. The summed E-state index contributed by atoms with van der Waals surface area (Å²) in [6, 6.07) is 6.60. The van der Waals surface area contributed by atoms with Crippen molar-refractivity contribution in [2.75, 3.05) is 20.1 Å². The van der Waals surface area contributed by atoms with E-state index in [1.165, 1.54) is 18.6 Å². The number of hydrogen-bond donors (Lipinski definition) is 2. The second kappa shape index (κ2) is 11.0. The zero-order chi connectivity index (χ0) is 13.2. The first-order valence-electron chi connectivity index (χ1n) is 6.45. The van der Waals surface area contributed by atoms with E-state index in [9.17, 15) is 4.39 Å². The van der Waals surface area contributed by atoms with Crippen molar-refractivity contribution >= 4 is 29.9 Å². The van der Waals surface area contributed by atoms with Gasteiger partial charge in [-0.1, -0.05) is 25.5 Å². The predicted molar refractivity (Wildman–Crippen MR) is 89.8 cm³/mol. The fourth-order valence-corrected chi connectivity index (χ4v) is 1.58. The summed E-state index contributed by atoms with van der Waals surface area (Å²) in [6.07, 6.45) is 3.16. The molecular weight excluding hydrogens is 356 g/mol. The first-order chi connectivity index (χ1) is 8.76. The number of hydrogen-bond acceptors (Lipinski definition) is 1. The zero-order valence-corrected chi connectivity index (χ0v) is 13.9. The minimum Gasteiger partial charge on any atom is -0.356 e. The smallest absolute Gasteiger partial charge is 0.190 e. The molecule has 0 heterocycles. The van der Waals surface area contributed by atoms with Gasteiger partial charge < -0.3 is 10.6 Å². The number of aliphatic imine (C=N–C) groups is 1. The Bertz CT molecular complexity index is 365. The van der Waals surface area contributed by atoms with E-state index in [4.69, 9.17) is 0 Å². The third-order valence-electron chi connectivity index (χ3n) is 2.67. The maximum Gasteiger partial charge on any atom is 0.190 e. The van der Waals surface area contributed by atoms with Gasteiger partial charge in [0, 0.05) is 20.1 Å². The fourth-order valence-electron chi connectivity index (χ4n) is 1.58. The number of halogens is 2. The summed E-state index contributed by atoms with van der Waals surface area (Å²) < 4.78 is 12.7. The summed E-state index contributed by atoms with van der Waals surface area (Å²) in [5.41, 5.74) is 1.12. The normalized spacial score (nSPS) is 10.8. The molecule has 0 bridgehead atoms. The first-order valence-corrected chi connectivity index (χ1v) is 6.45. The average Bonchev–Trinajstić information content (AvgIpc) is 2.39. The zero-order valence-electron chi connectivity index (χ0n) is 11.6. The van der Waals surface area contributed by atoms with Crippen LogP contribution in [0.15, 0.2) is 29.3 Å². The van der Waals surface area contributed by atoms with Gasteiger partial charge in [0.05, 0.1) is 0 Å². The van der Waals surface area contributed by atoms with Crippen LogP contribution in [0, 0.1) is 5.82 Å². The first kappa shape index (κ1) is 18.1. The number of nitrogens with one attached hydrogen (secondary N) is 2. The maximum absolute atomic E-state index is 12.7. The summed E-state index contributed by atoms with van der Waals surface area (Å²) >= 11 is 0. The Balaban J connectivity index is 0.00000324. The summed E-state index contributed by atoms with van der Waals surface area (Å²) in [5, 5.41) is 6.48. The Kier molecular flexibility index (Phi) is 10.5. The van der Waals surface area contributed by atoms with E-state index in [2.05, 4.69) is 22.5 Å². The maximum atomic E-state index is 12.7. The van der Waals surface area contributed by atoms with Crippen molar-refractivity contribution in [2.24, 2.45) is 4.99 Å². The lowest BCUT2D eigenvalue weighted by atomic mass is 10.1. The molecule has 0 saturated heterocycles. The van der Waals surface area contributed by atoms with Crippen molar-refractivity contribution in [1.82, 2.24) is 10.6 Å². The number of rotatable bonds is 6. The molecule has 0 unspecified atom stereocenters. The molecular formula is C14H23FIN3. The van der Waals surface area contributed by atoms with E-state index in [1.807, 2.05) is 12.1 Å². The SMILES string of the molecule is CCCCNC(=NC)NCCc1ccc(F)cc1.I. The topological polar surface area (TPSA) is 36.4 Å². The van der Waals surface area contributed by atoms with Crippen molar-refractivity contribution in [3.05, 3.63) is 35.6 Å². The molecule has 3 nitrogen and oxygen atoms in total. The van der Waals surface area contributed by atoms with Crippen LogP contribution >= 0.6 is 24.0 Å². The van der Waals surface area contributed by atoms with Crippen molar-refractivity contribution < 1.29 is 4.39 Å². The van der Waals surface area contributed by atoms with E-state index >= 15 is 0 Å². The summed E-state index contributed by atoms with van der Waals surface area (Å²) in [6.45, 7) is 3.89. The van der Waals surface area contributed by atoms with E-state index in [-0.39, 0.29) is 29.8 Å². The van der Waals surface area contributed by atoms with E-state index in [1.54, 1.807) is 7.05 Å². The number of nitrogens with zero attached hydrogens (tertiary/aromatic N) is 1. The average molecular weight is 379 g/mol. The van der Waals surface area contributed by atoms with Crippen molar-refractivity contribution in [3.63, 3.8) is 0 Å². The predicted octanol–water partition coefficient (Wildman–Crippen LogP) is 2.95. The fraction of sp³-hybridized carbons (Fsp3) is 0.500. The van der Waals surface area contributed by atoms with Gasteiger partial charge in [-0.2, -0.15) is 0 Å². The number of unbranched alkanes of at least 4 members (excludes halogenated alkanes) is 1. The van der Waals surface area contributed by atoms with Crippen molar-refractivity contribution in [3.8, 4) is 0 Å². The van der Waals surface area contributed by atoms with Crippen molar-refractivity contribution in [1.29, 1.82) is 0 Å². The Morgan fingerprint density at radius 3 is 2.37 bits per heavy atom. The monoisotopic (exact) mass is 379 g/mol. The van der Waals surface area contributed by atoms with E-state index < -0.39 is 0 Å². The molecule has 19 heavy (non-hydrogen) atoms. The highest BCUT2D eigenvalue weighted by molar-refractivity contribution is 14.0. The van der Waals surface area contributed by atoms with Crippen LogP contribution in [-0.2, 0) is 6.42 Å². The van der Waals surface area contributed by atoms with Gasteiger partial charge in [-0.25, -0.2) is 4.39 Å². The van der Waals surface area contributed by atoms with Crippen LogP contribution in [0.3, 0.4) is 0 Å². The molecule has 2 N–H and O–H groups in total.